The molecule has 194 valence electrons. The van der Waals surface area contributed by atoms with E-state index in [0.717, 1.165) is 42.4 Å². The molecule has 0 aromatic rings. The molecule has 8 atom stereocenters. The van der Waals surface area contributed by atoms with Gasteiger partial charge in [-0.2, -0.15) is 0 Å². The number of hydrogen-bond donors (Lipinski definition) is 3. The Balaban J connectivity index is 1.47. The predicted molar refractivity (Wildman–Crippen MR) is 140 cm³/mol. The Labute approximate surface area is 208 Å². The summed E-state index contributed by atoms with van der Waals surface area (Å²) >= 11 is 0. The van der Waals surface area contributed by atoms with Crippen LogP contribution in [0.4, 0.5) is 0 Å². The van der Waals surface area contributed by atoms with Crippen LogP contribution >= 0.6 is 0 Å². The van der Waals surface area contributed by atoms with Crippen molar-refractivity contribution in [2.24, 2.45) is 52.1 Å². The lowest BCUT2D eigenvalue weighted by Crippen LogP contribution is -2.56. The van der Waals surface area contributed by atoms with E-state index in [1.807, 2.05) is 0 Å². The predicted octanol–water partition coefficient (Wildman–Crippen LogP) is 5.83. The second kappa shape index (κ2) is 9.88. The van der Waals surface area contributed by atoms with Gasteiger partial charge in [0.05, 0.1) is 0 Å². The van der Waals surface area contributed by atoms with Crippen LogP contribution < -0.4 is 11.1 Å². The number of nitrogens with one attached hydrogen (secondary N) is 1. The molecule has 0 bridgehead atoms. The van der Waals surface area contributed by atoms with E-state index >= 15 is 0 Å². The van der Waals surface area contributed by atoms with Crippen LogP contribution in [0.25, 0.3) is 0 Å². The van der Waals surface area contributed by atoms with Gasteiger partial charge in [-0.25, -0.2) is 0 Å². The fourth-order valence-corrected chi connectivity index (χ4v) is 9.22. The molecule has 0 spiro atoms. The number of hydrogen-bond acceptors (Lipinski definition) is 3. The maximum Gasteiger partial charge on any atom is 0.252 e. The Morgan fingerprint density at radius 3 is 2.59 bits per heavy atom. The summed E-state index contributed by atoms with van der Waals surface area (Å²) in [4.78, 5) is 12.7. The highest BCUT2D eigenvalue weighted by Crippen LogP contribution is 2.67. The van der Waals surface area contributed by atoms with E-state index in [2.05, 4.69) is 46.0 Å². The first kappa shape index (κ1) is 26.2. The van der Waals surface area contributed by atoms with Crippen molar-refractivity contribution < 1.29 is 9.90 Å². The molecular formula is C30H52N2O2. The van der Waals surface area contributed by atoms with Crippen molar-refractivity contribution in [2.45, 2.75) is 111 Å². The minimum absolute atomic E-state index is 0.144. The topological polar surface area (TPSA) is 75.3 Å². The van der Waals surface area contributed by atoms with Crippen LogP contribution in [0, 0.1) is 46.3 Å². The number of rotatable bonds is 8. The molecular weight excluding hydrogens is 420 g/mol. The zero-order valence-electron chi connectivity index (χ0n) is 22.7. The number of amides is 1. The van der Waals surface area contributed by atoms with Crippen molar-refractivity contribution >= 4 is 5.91 Å². The van der Waals surface area contributed by atoms with Gasteiger partial charge in [0.15, 0.2) is 0 Å². The van der Waals surface area contributed by atoms with Crippen LogP contribution in [0.3, 0.4) is 0 Å². The van der Waals surface area contributed by atoms with Gasteiger partial charge in [0, 0.05) is 19.5 Å². The maximum absolute atomic E-state index is 12.7. The second-order valence-corrected chi connectivity index (χ2v) is 13.5. The third kappa shape index (κ3) is 4.51. The number of carbonyl (C=O) groups excluding carboxylic acids is 1. The standard InChI is InChI=1S/C30H52N2O2/c1-20(2)7-6-8-21(3)24-11-12-25-23-10-9-22-19-30(34,27(33)32-18-17-31)16-15-28(22,4)26(23)13-14-29(24,25)5/h9,20-21,23-26,34H,6-8,10-19,31H2,1-5H3,(H,32,33)/t21-,23+,24-,25+,26+,28+,29-,30-/m1/s1. The molecule has 0 aromatic carbocycles. The molecule has 0 heterocycles. The van der Waals surface area contributed by atoms with Gasteiger partial charge in [0.1, 0.15) is 5.60 Å². The SMILES string of the molecule is CC(C)CCC[C@@H](C)[C@H]1CC[C@H]2[C@@H]3CC=C4C[C@@](O)(C(=O)NCCN)CC[C@]4(C)[C@H]3CC[C@]12C. The summed E-state index contributed by atoms with van der Waals surface area (Å²) in [5.74, 6) is 4.63. The van der Waals surface area contributed by atoms with Crippen LogP contribution in [0.15, 0.2) is 11.6 Å². The third-order valence-corrected chi connectivity index (χ3v) is 11.2. The molecule has 4 nitrogen and oxygen atoms in total. The van der Waals surface area contributed by atoms with Crippen molar-refractivity contribution in [1.29, 1.82) is 0 Å². The molecule has 1 amide bonds. The van der Waals surface area contributed by atoms with Gasteiger partial charge in [-0.3, -0.25) is 4.79 Å². The Bertz CT molecular complexity index is 778. The van der Waals surface area contributed by atoms with Gasteiger partial charge >= 0.3 is 0 Å². The van der Waals surface area contributed by atoms with E-state index in [1.54, 1.807) is 0 Å². The Kier molecular flexibility index (Phi) is 7.62. The monoisotopic (exact) mass is 472 g/mol. The molecule has 0 aromatic heterocycles. The maximum atomic E-state index is 12.7. The van der Waals surface area contributed by atoms with E-state index in [1.165, 1.54) is 50.5 Å². The average Bonchev–Trinajstić information content (AvgIpc) is 3.15. The molecule has 3 fully saturated rings. The highest BCUT2D eigenvalue weighted by atomic mass is 16.3. The largest absolute Gasteiger partial charge is 0.380 e. The van der Waals surface area contributed by atoms with Gasteiger partial charge < -0.3 is 16.2 Å². The zero-order chi connectivity index (χ0) is 24.7. The van der Waals surface area contributed by atoms with Crippen LogP contribution in [0.2, 0.25) is 0 Å². The average molecular weight is 473 g/mol. The summed E-state index contributed by atoms with van der Waals surface area (Å²) in [6, 6.07) is 0. The molecule has 0 radical (unpaired) electrons. The van der Waals surface area contributed by atoms with Crippen LogP contribution in [-0.4, -0.2) is 29.7 Å². The molecule has 0 aliphatic heterocycles. The molecule has 4 aliphatic carbocycles. The third-order valence-electron chi connectivity index (χ3n) is 11.2. The summed E-state index contributed by atoms with van der Waals surface area (Å²) in [5, 5.41) is 14.1. The molecule has 4 rings (SSSR count). The minimum atomic E-state index is -1.26. The summed E-state index contributed by atoms with van der Waals surface area (Å²) in [6.45, 7) is 13.2. The summed E-state index contributed by atoms with van der Waals surface area (Å²) < 4.78 is 0. The normalized spacial score (nSPS) is 42.4. The van der Waals surface area contributed by atoms with Crippen molar-refractivity contribution in [3.8, 4) is 0 Å². The Morgan fingerprint density at radius 2 is 1.88 bits per heavy atom. The smallest absolute Gasteiger partial charge is 0.252 e. The number of allylic oxidation sites excluding steroid dienone is 1. The van der Waals surface area contributed by atoms with Crippen molar-refractivity contribution in [2.75, 3.05) is 13.1 Å². The second-order valence-electron chi connectivity index (χ2n) is 13.5. The van der Waals surface area contributed by atoms with Gasteiger partial charge in [0.25, 0.3) is 5.91 Å². The zero-order valence-corrected chi connectivity index (χ0v) is 22.7. The fraction of sp³-hybridized carbons (Fsp3) is 0.900. The van der Waals surface area contributed by atoms with Crippen molar-refractivity contribution in [3.05, 3.63) is 11.6 Å². The van der Waals surface area contributed by atoms with Gasteiger partial charge in [-0.05, 0) is 91.3 Å². The highest BCUT2D eigenvalue weighted by molar-refractivity contribution is 5.85. The molecule has 3 saturated carbocycles. The summed E-state index contributed by atoms with van der Waals surface area (Å²) in [7, 11) is 0. The first-order valence-corrected chi connectivity index (χ1v) is 14.5. The quantitative estimate of drug-likeness (QED) is 0.389. The summed E-state index contributed by atoms with van der Waals surface area (Å²) in [5.41, 5.74) is 6.29. The van der Waals surface area contributed by atoms with Crippen LogP contribution in [0.1, 0.15) is 105 Å². The van der Waals surface area contributed by atoms with E-state index in [0.29, 0.717) is 37.3 Å². The molecule has 34 heavy (non-hydrogen) atoms. The van der Waals surface area contributed by atoms with E-state index < -0.39 is 5.60 Å². The molecule has 0 unspecified atom stereocenters. The lowest BCUT2D eigenvalue weighted by Gasteiger charge is -2.59. The van der Waals surface area contributed by atoms with E-state index in [-0.39, 0.29) is 11.3 Å². The number of carbonyl (C=O) groups is 1. The van der Waals surface area contributed by atoms with Crippen LogP contribution in [0.5, 0.6) is 0 Å². The van der Waals surface area contributed by atoms with Crippen LogP contribution in [-0.2, 0) is 4.79 Å². The van der Waals surface area contributed by atoms with Gasteiger partial charge in [0.2, 0.25) is 0 Å². The number of fused-ring (bicyclic) bond motifs is 5. The lowest BCUT2D eigenvalue weighted by atomic mass is 9.46. The number of nitrogens with two attached hydrogens (primary N) is 1. The lowest BCUT2D eigenvalue weighted by molar-refractivity contribution is -0.145. The molecule has 4 aliphatic rings. The van der Waals surface area contributed by atoms with E-state index in [9.17, 15) is 9.90 Å². The minimum Gasteiger partial charge on any atom is -0.380 e. The molecule has 4 N–H and O–H groups in total. The Hall–Kier alpha value is -0.870. The summed E-state index contributed by atoms with van der Waals surface area (Å²) in [6.07, 6.45) is 15.2. The first-order chi connectivity index (χ1) is 16.0. The fourth-order valence-electron chi connectivity index (χ4n) is 9.22. The molecule has 4 heteroatoms. The van der Waals surface area contributed by atoms with Gasteiger partial charge in [-0.1, -0.05) is 65.5 Å². The van der Waals surface area contributed by atoms with E-state index in [4.69, 9.17) is 5.73 Å². The number of aliphatic hydroxyl groups is 1. The Morgan fingerprint density at radius 1 is 1.12 bits per heavy atom. The van der Waals surface area contributed by atoms with Crippen molar-refractivity contribution in [3.63, 3.8) is 0 Å². The van der Waals surface area contributed by atoms with Crippen molar-refractivity contribution in [1.82, 2.24) is 5.32 Å². The van der Waals surface area contributed by atoms with Gasteiger partial charge in [-0.15, -0.1) is 0 Å². The first-order valence-electron chi connectivity index (χ1n) is 14.5. The highest BCUT2D eigenvalue weighted by Gasteiger charge is 2.60. The molecule has 0 saturated heterocycles.